The van der Waals surface area contributed by atoms with Gasteiger partial charge in [-0.2, -0.15) is 18.3 Å². The van der Waals surface area contributed by atoms with Gasteiger partial charge in [-0.25, -0.2) is 4.79 Å². The van der Waals surface area contributed by atoms with Gasteiger partial charge in [-0.05, 0) is 20.3 Å². The molecule has 1 aromatic heterocycles. The third-order valence-electron chi connectivity index (χ3n) is 3.79. The summed E-state index contributed by atoms with van der Waals surface area (Å²) in [5.74, 6) is -3.16. The zero-order valence-corrected chi connectivity index (χ0v) is 14.6. The van der Waals surface area contributed by atoms with Crippen LogP contribution in [0.4, 0.5) is 13.2 Å². The van der Waals surface area contributed by atoms with Gasteiger partial charge in [0, 0.05) is 37.3 Å². The number of hydrogen-bond acceptors (Lipinski definition) is 4. The molecule has 0 fully saturated rings. The van der Waals surface area contributed by atoms with E-state index in [9.17, 15) is 22.8 Å². The molecule has 0 aliphatic rings. The first-order chi connectivity index (χ1) is 11.6. The standard InChI is InChI=1S/C16H22F3N3O3/c1-10-15(11(2)22(3)21-10)12(16(17,18)19)9-13(23)20-8-6-5-7-14(24)25-4/h5,7,12H,6,8-9H2,1-4H3,(H,20,23)/b7-5+. The van der Waals surface area contributed by atoms with Crippen molar-refractivity contribution in [3.05, 3.63) is 29.1 Å². The van der Waals surface area contributed by atoms with E-state index in [-0.39, 0.29) is 17.8 Å². The van der Waals surface area contributed by atoms with Crippen LogP contribution in [0, 0.1) is 13.8 Å². The summed E-state index contributed by atoms with van der Waals surface area (Å²) in [5, 5.41) is 6.42. The Bertz CT molecular complexity index is 651. The molecule has 1 N–H and O–H groups in total. The van der Waals surface area contributed by atoms with E-state index in [2.05, 4.69) is 15.2 Å². The van der Waals surface area contributed by atoms with Crippen LogP contribution < -0.4 is 5.32 Å². The Morgan fingerprint density at radius 2 is 2.00 bits per heavy atom. The fourth-order valence-electron chi connectivity index (χ4n) is 2.48. The second kappa shape index (κ2) is 8.68. The summed E-state index contributed by atoms with van der Waals surface area (Å²) >= 11 is 0. The largest absolute Gasteiger partial charge is 0.466 e. The molecule has 140 valence electrons. The van der Waals surface area contributed by atoms with Gasteiger partial charge in [-0.3, -0.25) is 9.48 Å². The van der Waals surface area contributed by atoms with Crippen molar-refractivity contribution in [2.45, 2.75) is 38.8 Å². The van der Waals surface area contributed by atoms with E-state index in [1.165, 1.54) is 30.9 Å². The molecule has 0 bridgehead atoms. The van der Waals surface area contributed by atoms with Crippen LogP contribution in [0.15, 0.2) is 12.2 Å². The van der Waals surface area contributed by atoms with Crippen molar-refractivity contribution in [3.8, 4) is 0 Å². The lowest BCUT2D eigenvalue weighted by molar-refractivity contribution is -0.157. The number of amides is 1. The highest BCUT2D eigenvalue weighted by Gasteiger charge is 2.44. The minimum absolute atomic E-state index is 0.0377. The Morgan fingerprint density at radius 1 is 1.36 bits per heavy atom. The molecule has 1 heterocycles. The topological polar surface area (TPSA) is 73.2 Å². The third kappa shape index (κ3) is 5.91. The average Bonchev–Trinajstić information content (AvgIpc) is 2.76. The lowest BCUT2D eigenvalue weighted by Gasteiger charge is -2.20. The normalized spacial score (nSPS) is 13.1. The summed E-state index contributed by atoms with van der Waals surface area (Å²) in [5.41, 5.74) is 0.681. The molecule has 0 aliphatic heterocycles. The number of carbonyl (C=O) groups excluding carboxylic acids is 2. The van der Waals surface area contributed by atoms with Crippen LogP contribution in [-0.4, -0.2) is 41.5 Å². The van der Waals surface area contributed by atoms with Crippen molar-refractivity contribution in [3.63, 3.8) is 0 Å². The maximum absolute atomic E-state index is 13.4. The van der Waals surface area contributed by atoms with Gasteiger partial charge < -0.3 is 10.1 Å². The highest BCUT2D eigenvalue weighted by atomic mass is 19.4. The van der Waals surface area contributed by atoms with Gasteiger partial charge in [0.05, 0.1) is 18.7 Å². The molecular weight excluding hydrogens is 339 g/mol. The SMILES string of the molecule is COC(=O)/C=C/CCNC(=O)CC(c1c(C)nn(C)c1C)C(F)(F)F. The van der Waals surface area contributed by atoms with Crippen molar-refractivity contribution in [2.75, 3.05) is 13.7 Å². The van der Waals surface area contributed by atoms with Crippen molar-refractivity contribution in [2.24, 2.45) is 7.05 Å². The van der Waals surface area contributed by atoms with Gasteiger partial charge in [0.25, 0.3) is 0 Å². The quantitative estimate of drug-likeness (QED) is 0.460. The van der Waals surface area contributed by atoms with E-state index >= 15 is 0 Å². The van der Waals surface area contributed by atoms with Crippen molar-refractivity contribution in [1.29, 1.82) is 0 Å². The van der Waals surface area contributed by atoms with Crippen LogP contribution >= 0.6 is 0 Å². The van der Waals surface area contributed by atoms with E-state index in [4.69, 9.17) is 0 Å². The van der Waals surface area contributed by atoms with Gasteiger partial charge in [-0.1, -0.05) is 6.08 Å². The number of nitrogens with zero attached hydrogens (tertiary/aromatic N) is 2. The number of esters is 1. The predicted octanol–water partition coefficient (Wildman–Crippen LogP) is 2.31. The van der Waals surface area contributed by atoms with Gasteiger partial charge >= 0.3 is 12.1 Å². The molecule has 0 saturated heterocycles. The summed E-state index contributed by atoms with van der Waals surface area (Å²) in [7, 11) is 2.79. The summed E-state index contributed by atoms with van der Waals surface area (Å²) in [6.07, 6.45) is -2.30. The first-order valence-electron chi connectivity index (χ1n) is 7.65. The Hall–Kier alpha value is -2.32. The molecule has 0 radical (unpaired) electrons. The molecule has 1 aromatic rings. The molecule has 0 aliphatic carbocycles. The van der Waals surface area contributed by atoms with Crippen LogP contribution in [-0.2, 0) is 21.4 Å². The van der Waals surface area contributed by atoms with Gasteiger partial charge in [-0.15, -0.1) is 0 Å². The van der Waals surface area contributed by atoms with E-state index in [1.54, 1.807) is 14.0 Å². The molecule has 1 unspecified atom stereocenters. The monoisotopic (exact) mass is 361 g/mol. The summed E-state index contributed by atoms with van der Waals surface area (Å²) in [6.45, 7) is 3.17. The summed E-state index contributed by atoms with van der Waals surface area (Å²) < 4.78 is 46.0. The smallest absolute Gasteiger partial charge is 0.396 e. The lowest BCUT2D eigenvalue weighted by Crippen LogP contribution is -2.31. The zero-order valence-electron chi connectivity index (χ0n) is 14.6. The maximum Gasteiger partial charge on any atom is 0.396 e. The predicted molar refractivity (Wildman–Crippen MR) is 84.9 cm³/mol. The van der Waals surface area contributed by atoms with Crippen LogP contribution in [0.3, 0.4) is 0 Å². The molecule has 0 aromatic carbocycles. The molecule has 25 heavy (non-hydrogen) atoms. The maximum atomic E-state index is 13.4. The number of aryl methyl sites for hydroxylation is 2. The minimum Gasteiger partial charge on any atom is -0.466 e. The lowest BCUT2D eigenvalue weighted by atomic mass is 9.93. The van der Waals surface area contributed by atoms with Crippen LogP contribution in [0.2, 0.25) is 0 Å². The number of methoxy groups -OCH3 is 1. The molecule has 0 spiro atoms. The summed E-state index contributed by atoms with van der Waals surface area (Å²) in [6, 6.07) is 0. The van der Waals surface area contributed by atoms with Gasteiger partial charge in [0.15, 0.2) is 0 Å². The highest BCUT2D eigenvalue weighted by Crippen LogP contribution is 2.40. The number of ether oxygens (including phenoxy) is 1. The second-order valence-corrected chi connectivity index (χ2v) is 5.57. The molecule has 1 rings (SSSR count). The minimum atomic E-state index is -4.55. The number of alkyl halides is 3. The van der Waals surface area contributed by atoms with Crippen LogP contribution in [0.5, 0.6) is 0 Å². The Labute approximate surface area is 144 Å². The number of halogens is 3. The van der Waals surface area contributed by atoms with Crippen molar-refractivity contribution in [1.82, 2.24) is 15.1 Å². The van der Waals surface area contributed by atoms with Crippen molar-refractivity contribution < 1.29 is 27.5 Å². The van der Waals surface area contributed by atoms with Crippen LogP contribution in [0.25, 0.3) is 0 Å². The number of aromatic nitrogens is 2. The molecule has 6 nitrogen and oxygen atoms in total. The number of hydrogen-bond donors (Lipinski definition) is 1. The highest BCUT2D eigenvalue weighted by molar-refractivity contribution is 5.81. The van der Waals surface area contributed by atoms with Gasteiger partial charge in [0.2, 0.25) is 5.91 Å². The molecule has 9 heteroatoms. The van der Waals surface area contributed by atoms with E-state index in [0.717, 1.165) is 0 Å². The first-order valence-corrected chi connectivity index (χ1v) is 7.65. The molecule has 1 atom stereocenters. The Morgan fingerprint density at radius 3 is 2.48 bits per heavy atom. The van der Waals surface area contributed by atoms with E-state index in [1.807, 2.05) is 0 Å². The number of rotatable bonds is 7. The summed E-state index contributed by atoms with van der Waals surface area (Å²) in [4.78, 5) is 22.8. The second-order valence-electron chi connectivity index (χ2n) is 5.57. The van der Waals surface area contributed by atoms with E-state index < -0.39 is 30.4 Å². The van der Waals surface area contributed by atoms with Crippen molar-refractivity contribution >= 4 is 11.9 Å². The van der Waals surface area contributed by atoms with Crippen LogP contribution in [0.1, 0.15) is 35.7 Å². The van der Waals surface area contributed by atoms with E-state index in [0.29, 0.717) is 12.1 Å². The fraction of sp³-hybridized carbons (Fsp3) is 0.562. The van der Waals surface area contributed by atoms with Gasteiger partial charge in [0.1, 0.15) is 0 Å². The number of carbonyl (C=O) groups is 2. The molecule has 0 saturated carbocycles. The fourth-order valence-corrected chi connectivity index (χ4v) is 2.48. The number of nitrogens with one attached hydrogen (secondary N) is 1. The molecular formula is C16H22F3N3O3. The average molecular weight is 361 g/mol. The first kappa shape index (κ1) is 20.7. The molecule has 1 amide bonds. The Balaban J connectivity index is 2.72. The Kier molecular flexibility index (Phi) is 7.20. The zero-order chi connectivity index (χ0) is 19.2. The third-order valence-corrected chi connectivity index (χ3v) is 3.79.